The van der Waals surface area contributed by atoms with E-state index in [1.54, 1.807) is 6.08 Å². The van der Waals surface area contributed by atoms with Gasteiger partial charge in [0.15, 0.2) is 0 Å². The summed E-state index contributed by atoms with van der Waals surface area (Å²) in [6.45, 7) is 0. The summed E-state index contributed by atoms with van der Waals surface area (Å²) in [5.41, 5.74) is 0.293. The number of ether oxygens (including phenoxy) is 1. The van der Waals surface area contributed by atoms with Gasteiger partial charge in [-0.1, -0.05) is 0 Å². The fourth-order valence-corrected chi connectivity index (χ4v) is 5.50. The molecule has 0 aliphatic heterocycles. The average Bonchev–Trinajstić information content (AvgIpc) is 3.08. The number of carbonyl (C=O) groups is 2. The molecule has 2 aromatic rings. The fraction of sp³-hybridized carbons (Fsp3) is 0.238. The summed E-state index contributed by atoms with van der Waals surface area (Å²) in [4.78, 5) is 24.3. The van der Waals surface area contributed by atoms with Crippen LogP contribution in [0.2, 0.25) is 5.32 Å². The number of benzene rings is 2. The van der Waals surface area contributed by atoms with E-state index >= 15 is 0 Å². The van der Waals surface area contributed by atoms with Crippen LogP contribution in [0.1, 0.15) is 12.0 Å². The first kappa shape index (κ1) is 18.4. The molecule has 5 heteroatoms. The Balaban J connectivity index is 1.93. The summed E-state index contributed by atoms with van der Waals surface area (Å²) in [6.07, 6.45) is 1.86. The Morgan fingerprint density at radius 2 is 1.73 bits per heavy atom. The molecule has 2 aromatic carbocycles. The Bertz CT molecular complexity index is 816. The predicted octanol–water partition coefficient (Wildman–Crippen LogP) is 2.78. The van der Waals surface area contributed by atoms with Gasteiger partial charge < -0.3 is 0 Å². The zero-order valence-electron chi connectivity index (χ0n) is 14.4. The zero-order chi connectivity index (χ0) is 18.6. The summed E-state index contributed by atoms with van der Waals surface area (Å²) in [5.74, 6) is -1.84. The van der Waals surface area contributed by atoms with Gasteiger partial charge >= 0.3 is 159 Å². The summed E-state index contributed by atoms with van der Waals surface area (Å²) in [7, 11) is 1.24. The number of carboxylic acid groups (broad SMARTS) is 1. The van der Waals surface area contributed by atoms with Crippen LogP contribution in [0.3, 0.4) is 0 Å². The molecule has 4 nitrogen and oxygen atoms in total. The van der Waals surface area contributed by atoms with Crippen molar-refractivity contribution in [2.24, 2.45) is 11.3 Å². The Kier molecular flexibility index (Phi) is 5.60. The van der Waals surface area contributed by atoms with E-state index in [0.717, 1.165) is 16.5 Å². The molecule has 0 heterocycles. The molecule has 0 bridgehead atoms. The number of hydrogen-bond donors (Lipinski definition) is 1. The number of methoxy groups -OCH3 is 1. The van der Waals surface area contributed by atoms with Crippen molar-refractivity contribution in [3.05, 3.63) is 72.3 Å². The Labute approximate surface area is 159 Å². The van der Waals surface area contributed by atoms with Crippen LogP contribution in [0.5, 0.6) is 0 Å². The minimum absolute atomic E-state index is 0.00723. The van der Waals surface area contributed by atoms with E-state index in [1.807, 2.05) is 48.5 Å². The third-order valence-electron chi connectivity index (χ3n) is 4.64. The van der Waals surface area contributed by atoms with Crippen molar-refractivity contribution in [2.75, 3.05) is 7.11 Å². The second kappa shape index (κ2) is 7.90. The predicted molar refractivity (Wildman–Crippen MR) is 101 cm³/mol. The summed E-state index contributed by atoms with van der Waals surface area (Å²) < 4.78 is 6.10. The van der Waals surface area contributed by atoms with Gasteiger partial charge in [0.05, 0.1) is 0 Å². The molecule has 2 unspecified atom stereocenters. The number of carbonyl (C=O) groups excluding carboxylic acids is 1. The molecule has 1 aliphatic rings. The van der Waals surface area contributed by atoms with Gasteiger partial charge in [-0.05, 0) is 0 Å². The van der Waals surface area contributed by atoms with E-state index in [2.05, 4.69) is 12.1 Å². The maximum atomic E-state index is 12.3. The number of rotatable bonds is 6. The second-order valence-corrected chi connectivity index (χ2v) is 8.55. The molecule has 0 fully saturated rings. The standard InChI is InChI=1S/C21H20O4Se/c1-25-20(24)21(19(22)23)12-16(14-26-17-10-6-3-7-11-17)18(13-21)15-8-4-2-5-9-15/h2-11,13,16H,12,14H2,1H3,(H,22,23). The van der Waals surface area contributed by atoms with Crippen molar-refractivity contribution in [2.45, 2.75) is 11.7 Å². The summed E-state index contributed by atoms with van der Waals surface area (Å²) >= 11 is 0.199. The van der Waals surface area contributed by atoms with E-state index in [1.165, 1.54) is 11.6 Å². The SMILES string of the molecule is COC(=O)C1(C(=O)O)C=C(c2ccccc2)C(C[Se]c2ccccc2)C1. The van der Waals surface area contributed by atoms with E-state index < -0.39 is 17.4 Å². The minimum atomic E-state index is -1.60. The van der Waals surface area contributed by atoms with E-state index in [-0.39, 0.29) is 27.3 Å². The van der Waals surface area contributed by atoms with Gasteiger partial charge in [-0.2, -0.15) is 0 Å². The fourth-order valence-electron chi connectivity index (χ4n) is 3.31. The molecular weight excluding hydrogens is 395 g/mol. The first-order chi connectivity index (χ1) is 12.6. The maximum absolute atomic E-state index is 12.3. The van der Waals surface area contributed by atoms with E-state index in [9.17, 15) is 14.7 Å². The third kappa shape index (κ3) is 3.59. The molecule has 0 aromatic heterocycles. The average molecular weight is 415 g/mol. The Hall–Kier alpha value is -2.36. The number of esters is 1. The van der Waals surface area contributed by atoms with Crippen molar-refractivity contribution in [3.63, 3.8) is 0 Å². The topological polar surface area (TPSA) is 63.6 Å². The molecule has 3 rings (SSSR count). The van der Waals surface area contributed by atoms with Crippen LogP contribution in [0.15, 0.2) is 66.7 Å². The number of allylic oxidation sites excluding steroid dienone is 1. The van der Waals surface area contributed by atoms with Crippen LogP contribution in [0.4, 0.5) is 0 Å². The van der Waals surface area contributed by atoms with Crippen LogP contribution < -0.4 is 4.46 Å². The van der Waals surface area contributed by atoms with E-state index in [0.29, 0.717) is 0 Å². The van der Waals surface area contributed by atoms with Gasteiger partial charge in [-0.25, -0.2) is 0 Å². The normalized spacial score (nSPS) is 21.9. The van der Waals surface area contributed by atoms with Gasteiger partial charge in [-0.15, -0.1) is 0 Å². The van der Waals surface area contributed by atoms with Crippen LogP contribution in [0, 0.1) is 11.3 Å². The molecule has 0 amide bonds. The molecule has 134 valence electrons. The Morgan fingerprint density at radius 3 is 2.31 bits per heavy atom. The molecule has 0 radical (unpaired) electrons. The monoisotopic (exact) mass is 416 g/mol. The number of aliphatic carboxylic acids is 1. The van der Waals surface area contributed by atoms with Crippen molar-refractivity contribution < 1.29 is 19.4 Å². The van der Waals surface area contributed by atoms with Crippen LogP contribution >= 0.6 is 0 Å². The second-order valence-electron chi connectivity index (χ2n) is 6.26. The molecule has 1 aliphatic carbocycles. The van der Waals surface area contributed by atoms with Crippen molar-refractivity contribution in [1.29, 1.82) is 0 Å². The first-order valence-corrected chi connectivity index (χ1v) is 10.4. The molecule has 26 heavy (non-hydrogen) atoms. The van der Waals surface area contributed by atoms with Gasteiger partial charge in [0, 0.05) is 0 Å². The van der Waals surface area contributed by atoms with Crippen LogP contribution in [-0.4, -0.2) is 39.1 Å². The molecule has 0 spiro atoms. The third-order valence-corrected chi connectivity index (χ3v) is 7.11. The molecule has 2 atom stereocenters. The van der Waals surface area contributed by atoms with Gasteiger partial charge in [0.1, 0.15) is 0 Å². The van der Waals surface area contributed by atoms with Gasteiger partial charge in [0.2, 0.25) is 0 Å². The quantitative estimate of drug-likeness (QED) is 0.448. The molecular formula is C21H20O4Se. The van der Waals surface area contributed by atoms with Crippen LogP contribution in [0.25, 0.3) is 5.57 Å². The zero-order valence-corrected chi connectivity index (χ0v) is 16.1. The van der Waals surface area contributed by atoms with E-state index in [4.69, 9.17) is 4.74 Å². The Morgan fingerprint density at radius 1 is 1.12 bits per heavy atom. The number of carboxylic acids is 1. The van der Waals surface area contributed by atoms with Crippen molar-refractivity contribution >= 4 is 36.9 Å². The van der Waals surface area contributed by atoms with Gasteiger partial charge in [-0.3, -0.25) is 0 Å². The van der Waals surface area contributed by atoms with Gasteiger partial charge in [0.25, 0.3) is 0 Å². The molecule has 0 saturated heterocycles. The van der Waals surface area contributed by atoms with Crippen molar-refractivity contribution in [3.8, 4) is 0 Å². The molecule has 1 N–H and O–H groups in total. The van der Waals surface area contributed by atoms with Crippen LogP contribution in [-0.2, 0) is 14.3 Å². The summed E-state index contributed by atoms with van der Waals surface area (Å²) in [5, 5.41) is 10.6. The van der Waals surface area contributed by atoms with Crippen molar-refractivity contribution in [1.82, 2.24) is 0 Å². The molecule has 0 saturated carbocycles. The number of hydrogen-bond acceptors (Lipinski definition) is 3. The first-order valence-electron chi connectivity index (χ1n) is 8.34. The summed E-state index contributed by atoms with van der Waals surface area (Å²) in [6, 6.07) is 19.9.